The van der Waals surface area contributed by atoms with Gasteiger partial charge in [0, 0.05) is 6.07 Å². The van der Waals surface area contributed by atoms with Gasteiger partial charge >= 0.3 is 0 Å². The molecule has 5 heteroatoms. The number of hydrogen-bond acceptors (Lipinski definition) is 4. The van der Waals surface area contributed by atoms with Crippen LogP contribution in [0.3, 0.4) is 0 Å². The second kappa shape index (κ2) is 4.83. The zero-order valence-electron chi connectivity index (χ0n) is 9.77. The van der Waals surface area contributed by atoms with Crippen LogP contribution in [0.1, 0.15) is 12.6 Å². The maximum atomic E-state index is 13.4. The lowest BCUT2D eigenvalue weighted by molar-refractivity contribution is 0.427. The van der Waals surface area contributed by atoms with Crippen LogP contribution in [0.2, 0.25) is 0 Å². The van der Waals surface area contributed by atoms with Crippen molar-refractivity contribution in [1.29, 1.82) is 5.41 Å². The van der Waals surface area contributed by atoms with Gasteiger partial charge in [-0.25, -0.2) is 9.37 Å². The van der Waals surface area contributed by atoms with Crippen molar-refractivity contribution in [1.82, 2.24) is 4.98 Å². The molecule has 0 radical (unpaired) electrons. The van der Waals surface area contributed by atoms with E-state index >= 15 is 0 Å². The Kier molecular flexibility index (Phi) is 3.23. The number of para-hydroxylation sites is 1. The molecule has 0 saturated heterocycles. The molecule has 3 N–H and O–H groups in total. The minimum atomic E-state index is -0.468. The van der Waals surface area contributed by atoms with E-state index in [1.165, 1.54) is 18.2 Å². The molecule has 1 aromatic carbocycles. The Bertz CT molecular complexity index is 599. The summed E-state index contributed by atoms with van der Waals surface area (Å²) in [5, 5.41) is 7.52. The molecule has 0 aliphatic carbocycles. The highest BCUT2D eigenvalue weighted by molar-refractivity contribution is 5.99. The SMILES string of the molecule is CC(=N)c1nc(Oc2ccccc2F)ccc1N. The van der Waals surface area contributed by atoms with Crippen LogP contribution >= 0.6 is 0 Å². The van der Waals surface area contributed by atoms with Gasteiger partial charge in [0.05, 0.1) is 11.4 Å². The van der Waals surface area contributed by atoms with Crippen LogP contribution in [0.25, 0.3) is 0 Å². The molecular formula is C13H12FN3O. The third-order valence-corrected chi connectivity index (χ3v) is 2.31. The highest BCUT2D eigenvalue weighted by atomic mass is 19.1. The summed E-state index contributed by atoms with van der Waals surface area (Å²) < 4.78 is 18.7. The molecule has 92 valence electrons. The number of nitrogens with one attached hydrogen (secondary N) is 1. The van der Waals surface area contributed by atoms with Gasteiger partial charge in [-0.1, -0.05) is 12.1 Å². The molecule has 4 nitrogen and oxygen atoms in total. The number of nitrogens with zero attached hydrogens (tertiary/aromatic N) is 1. The maximum absolute atomic E-state index is 13.4. The zero-order valence-corrected chi connectivity index (χ0v) is 9.77. The van der Waals surface area contributed by atoms with Crippen LogP contribution in [-0.4, -0.2) is 10.7 Å². The summed E-state index contributed by atoms with van der Waals surface area (Å²) in [6.45, 7) is 1.57. The molecule has 0 saturated carbocycles. The van der Waals surface area contributed by atoms with Gasteiger partial charge in [-0.2, -0.15) is 0 Å². The molecule has 1 heterocycles. The molecule has 0 atom stereocenters. The molecular weight excluding hydrogens is 233 g/mol. The zero-order chi connectivity index (χ0) is 13.1. The summed E-state index contributed by atoms with van der Waals surface area (Å²) in [5.41, 5.74) is 6.64. The van der Waals surface area contributed by atoms with Gasteiger partial charge < -0.3 is 15.9 Å². The van der Waals surface area contributed by atoms with E-state index in [9.17, 15) is 4.39 Å². The molecule has 2 aromatic rings. The first kappa shape index (κ1) is 12.0. The van der Waals surface area contributed by atoms with Crippen molar-refractivity contribution >= 4 is 11.4 Å². The van der Waals surface area contributed by atoms with Gasteiger partial charge in [0.15, 0.2) is 11.6 Å². The number of nitrogens with two attached hydrogens (primary N) is 1. The Hall–Kier alpha value is -2.43. The normalized spacial score (nSPS) is 10.1. The van der Waals surface area contributed by atoms with E-state index in [4.69, 9.17) is 15.9 Å². The number of benzene rings is 1. The number of ether oxygens (including phenoxy) is 1. The third kappa shape index (κ3) is 2.45. The molecule has 0 bridgehead atoms. The molecule has 2 rings (SSSR count). The average Bonchev–Trinajstić information content (AvgIpc) is 2.34. The van der Waals surface area contributed by atoms with Crippen molar-refractivity contribution in [3.63, 3.8) is 0 Å². The number of hydrogen-bond donors (Lipinski definition) is 2. The summed E-state index contributed by atoms with van der Waals surface area (Å²) in [6.07, 6.45) is 0. The predicted octanol–water partition coefficient (Wildman–Crippen LogP) is 2.98. The number of nitrogen functional groups attached to an aromatic ring is 1. The Balaban J connectivity index is 2.33. The van der Waals surface area contributed by atoms with Crippen molar-refractivity contribution in [3.8, 4) is 11.6 Å². The Morgan fingerprint density at radius 2 is 2.00 bits per heavy atom. The van der Waals surface area contributed by atoms with Gasteiger partial charge in [-0.15, -0.1) is 0 Å². The molecule has 0 fully saturated rings. The standard InChI is InChI=1S/C13H12FN3O/c1-8(15)13-10(16)6-7-12(17-13)18-11-5-3-2-4-9(11)14/h2-7,15H,16H2,1H3. The molecule has 0 aliphatic rings. The van der Waals surface area contributed by atoms with Crippen molar-refractivity contribution in [2.45, 2.75) is 6.92 Å². The van der Waals surface area contributed by atoms with Gasteiger partial charge in [0.1, 0.15) is 5.69 Å². The van der Waals surface area contributed by atoms with Crippen LogP contribution < -0.4 is 10.5 Å². The van der Waals surface area contributed by atoms with E-state index < -0.39 is 5.82 Å². The van der Waals surface area contributed by atoms with Gasteiger partial charge in [-0.3, -0.25) is 0 Å². The van der Waals surface area contributed by atoms with E-state index in [1.54, 1.807) is 25.1 Å². The van der Waals surface area contributed by atoms with E-state index in [0.717, 1.165) is 0 Å². The third-order valence-electron chi connectivity index (χ3n) is 2.31. The average molecular weight is 245 g/mol. The van der Waals surface area contributed by atoms with Gasteiger partial charge in [0.25, 0.3) is 0 Å². The lowest BCUT2D eigenvalue weighted by Gasteiger charge is -2.08. The van der Waals surface area contributed by atoms with Crippen LogP contribution in [0, 0.1) is 11.2 Å². The van der Waals surface area contributed by atoms with Crippen molar-refractivity contribution < 1.29 is 9.13 Å². The Labute approximate surface area is 104 Å². The lowest BCUT2D eigenvalue weighted by atomic mass is 10.2. The second-order valence-electron chi connectivity index (χ2n) is 3.74. The summed E-state index contributed by atoms with van der Waals surface area (Å²) in [4.78, 5) is 4.07. The van der Waals surface area contributed by atoms with Gasteiger partial charge in [-0.05, 0) is 25.1 Å². The number of rotatable bonds is 3. The smallest absolute Gasteiger partial charge is 0.220 e. The van der Waals surface area contributed by atoms with Crippen molar-refractivity contribution in [3.05, 3.63) is 47.9 Å². The van der Waals surface area contributed by atoms with E-state index in [1.807, 2.05) is 0 Å². The first-order valence-electron chi connectivity index (χ1n) is 5.32. The van der Waals surface area contributed by atoms with Crippen LogP contribution in [-0.2, 0) is 0 Å². The van der Waals surface area contributed by atoms with E-state index in [2.05, 4.69) is 4.98 Å². The topological polar surface area (TPSA) is 72.0 Å². The van der Waals surface area contributed by atoms with Crippen molar-refractivity contribution in [2.24, 2.45) is 0 Å². The van der Waals surface area contributed by atoms with Crippen LogP contribution in [0.15, 0.2) is 36.4 Å². The first-order chi connectivity index (χ1) is 8.58. The minimum Gasteiger partial charge on any atom is -0.436 e. The maximum Gasteiger partial charge on any atom is 0.220 e. The monoisotopic (exact) mass is 245 g/mol. The molecule has 0 spiro atoms. The number of anilines is 1. The summed E-state index contributed by atoms with van der Waals surface area (Å²) in [5.74, 6) is -0.177. The summed E-state index contributed by atoms with van der Waals surface area (Å²) in [7, 11) is 0. The molecule has 18 heavy (non-hydrogen) atoms. The Morgan fingerprint density at radius 1 is 1.28 bits per heavy atom. The highest BCUT2D eigenvalue weighted by Crippen LogP contribution is 2.24. The quantitative estimate of drug-likeness (QED) is 0.816. The molecule has 0 amide bonds. The molecule has 0 unspecified atom stereocenters. The van der Waals surface area contributed by atoms with Crippen LogP contribution in [0.5, 0.6) is 11.6 Å². The fourth-order valence-electron chi connectivity index (χ4n) is 1.45. The van der Waals surface area contributed by atoms with E-state index in [0.29, 0.717) is 11.4 Å². The number of aromatic nitrogens is 1. The predicted molar refractivity (Wildman–Crippen MR) is 67.6 cm³/mol. The van der Waals surface area contributed by atoms with E-state index in [-0.39, 0.29) is 17.3 Å². The number of pyridine rings is 1. The second-order valence-corrected chi connectivity index (χ2v) is 3.74. The van der Waals surface area contributed by atoms with Crippen molar-refractivity contribution in [2.75, 3.05) is 5.73 Å². The summed E-state index contributed by atoms with van der Waals surface area (Å²) in [6, 6.07) is 9.16. The minimum absolute atomic E-state index is 0.0864. The largest absolute Gasteiger partial charge is 0.436 e. The van der Waals surface area contributed by atoms with Crippen LogP contribution in [0.4, 0.5) is 10.1 Å². The summed E-state index contributed by atoms with van der Waals surface area (Å²) >= 11 is 0. The fraction of sp³-hybridized carbons (Fsp3) is 0.0769. The lowest BCUT2D eigenvalue weighted by Crippen LogP contribution is -2.04. The molecule has 1 aromatic heterocycles. The molecule has 0 aliphatic heterocycles. The Morgan fingerprint density at radius 3 is 2.67 bits per heavy atom. The van der Waals surface area contributed by atoms with Gasteiger partial charge in [0.2, 0.25) is 5.88 Å². The first-order valence-corrected chi connectivity index (χ1v) is 5.32. The number of halogens is 1. The fourth-order valence-corrected chi connectivity index (χ4v) is 1.45. The highest BCUT2D eigenvalue weighted by Gasteiger charge is 2.08.